The summed E-state index contributed by atoms with van der Waals surface area (Å²) in [6.45, 7) is 0. The van der Waals surface area contributed by atoms with Crippen LogP contribution in [0.3, 0.4) is 0 Å². The monoisotopic (exact) mass is 311 g/mol. The fourth-order valence-electron chi connectivity index (χ4n) is 2.59. The predicted molar refractivity (Wildman–Crippen MR) is 80.8 cm³/mol. The summed E-state index contributed by atoms with van der Waals surface area (Å²) in [7, 11) is 0. The van der Waals surface area contributed by atoms with Crippen molar-refractivity contribution in [2.45, 2.75) is 6.42 Å². The molecule has 0 saturated carbocycles. The Kier molecular flexibility index (Phi) is 3.53. The molecule has 0 fully saturated rings. The Labute approximate surface area is 131 Å². The summed E-state index contributed by atoms with van der Waals surface area (Å²) in [6.07, 6.45) is 7.18. The summed E-state index contributed by atoms with van der Waals surface area (Å²) < 4.78 is 1.55. The smallest absolute Gasteiger partial charge is 0.325 e. The molecule has 1 aromatic heterocycles. The lowest BCUT2D eigenvalue weighted by Crippen LogP contribution is -2.38. The Morgan fingerprint density at radius 2 is 1.91 bits per heavy atom. The van der Waals surface area contributed by atoms with Crippen LogP contribution in [-0.4, -0.2) is 36.9 Å². The van der Waals surface area contributed by atoms with Crippen LogP contribution in [-0.2, 0) is 9.59 Å². The quantitative estimate of drug-likeness (QED) is 0.834. The number of carbonyl (C=O) groups is 2. The van der Waals surface area contributed by atoms with Gasteiger partial charge in [-0.15, -0.1) is 0 Å². The minimum atomic E-state index is -1.96. The number of benzene rings is 1. The van der Waals surface area contributed by atoms with Gasteiger partial charge in [-0.2, -0.15) is 5.10 Å². The highest BCUT2D eigenvalue weighted by Crippen LogP contribution is 2.38. The first-order valence-electron chi connectivity index (χ1n) is 6.84. The van der Waals surface area contributed by atoms with Crippen LogP contribution in [0.15, 0.2) is 55.1 Å². The molecule has 0 saturated heterocycles. The van der Waals surface area contributed by atoms with Crippen molar-refractivity contribution in [3.8, 4) is 5.69 Å². The predicted octanol–water partition coefficient (Wildman–Crippen LogP) is 1.77. The first kappa shape index (κ1) is 14.7. The van der Waals surface area contributed by atoms with Crippen LogP contribution in [0, 0.1) is 5.41 Å². The molecule has 1 aromatic carbocycles. The normalized spacial score (nSPS) is 15.9. The first-order valence-corrected chi connectivity index (χ1v) is 6.84. The molecule has 2 aromatic rings. The summed E-state index contributed by atoms with van der Waals surface area (Å²) in [5.41, 5.74) is 0.0772. The van der Waals surface area contributed by atoms with E-state index < -0.39 is 17.4 Å². The number of allylic oxidation sites excluding steroid dienone is 3. The van der Waals surface area contributed by atoms with E-state index in [9.17, 15) is 19.8 Å². The van der Waals surface area contributed by atoms with E-state index in [1.54, 1.807) is 22.9 Å². The van der Waals surface area contributed by atoms with Crippen molar-refractivity contribution < 1.29 is 19.8 Å². The third-order valence-corrected chi connectivity index (χ3v) is 3.83. The van der Waals surface area contributed by atoms with Gasteiger partial charge in [0.2, 0.25) is 0 Å². The van der Waals surface area contributed by atoms with Crippen molar-refractivity contribution >= 4 is 17.5 Å². The van der Waals surface area contributed by atoms with Gasteiger partial charge in [0.1, 0.15) is 12.7 Å². The highest BCUT2D eigenvalue weighted by molar-refractivity contribution is 6.03. The zero-order chi connectivity index (χ0) is 16.4. The summed E-state index contributed by atoms with van der Waals surface area (Å²) >= 11 is 0. The van der Waals surface area contributed by atoms with E-state index in [-0.39, 0.29) is 6.42 Å². The second-order valence-corrected chi connectivity index (χ2v) is 5.17. The number of carboxylic acids is 2. The van der Waals surface area contributed by atoms with E-state index in [0.29, 0.717) is 16.8 Å². The number of aromatic nitrogens is 3. The van der Waals surface area contributed by atoms with Crippen LogP contribution >= 0.6 is 0 Å². The molecule has 1 aliphatic rings. The van der Waals surface area contributed by atoms with Crippen molar-refractivity contribution in [1.82, 2.24) is 14.8 Å². The molecule has 1 heterocycles. The molecule has 2 N–H and O–H groups in total. The molecule has 0 amide bonds. The van der Waals surface area contributed by atoms with Crippen molar-refractivity contribution in [3.63, 3.8) is 0 Å². The van der Waals surface area contributed by atoms with Gasteiger partial charge in [-0.3, -0.25) is 9.59 Å². The number of aliphatic carboxylic acids is 2. The Morgan fingerprint density at radius 1 is 1.17 bits per heavy atom. The SMILES string of the molecule is O=C(O)C1(C(=O)O)C=CC=C(c2ccccc2-n2cncn2)C1. The molecule has 0 spiro atoms. The number of para-hydroxylation sites is 1. The fraction of sp³-hybridized carbons (Fsp3) is 0.125. The lowest BCUT2D eigenvalue weighted by Gasteiger charge is -2.26. The molecule has 0 bridgehead atoms. The van der Waals surface area contributed by atoms with Crippen molar-refractivity contribution in [2.24, 2.45) is 5.41 Å². The number of rotatable bonds is 4. The van der Waals surface area contributed by atoms with Gasteiger partial charge in [-0.25, -0.2) is 9.67 Å². The Bertz CT molecular complexity index is 808. The van der Waals surface area contributed by atoms with Crippen molar-refractivity contribution in [2.75, 3.05) is 0 Å². The van der Waals surface area contributed by atoms with E-state index in [1.807, 2.05) is 12.1 Å². The molecule has 0 radical (unpaired) electrons. The molecule has 0 atom stereocenters. The van der Waals surface area contributed by atoms with Crippen LogP contribution in [0.4, 0.5) is 0 Å². The first-order chi connectivity index (χ1) is 11.0. The van der Waals surface area contributed by atoms with Crippen LogP contribution in [0.2, 0.25) is 0 Å². The lowest BCUT2D eigenvalue weighted by atomic mass is 9.76. The van der Waals surface area contributed by atoms with Crippen LogP contribution in [0.5, 0.6) is 0 Å². The number of hydrogen-bond acceptors (Lipinski definition) is 4. The number of hydrogen-bond donors (Lipinski definition) is 2. The summed E-state index contributed by atoms with van der Waals surface area (Å²) in [4.78, 5) is 26.9. The van der Waals surface area contributed by atoms with Gasteiger partial charge >= 0.3 is 11.9 Å². The molecule has 3 rings (SSSR count). The minimum absolute atomic E-state index is 0.139. The van der Waals surface area contributed by atoms with Gasteiger partial charge < -0.3 is 10.2 Å². The summed E-state index contributed by atoms with van der Waals surface area (Å²) in [5, 5.41) is 22.9. The summed E-state index contributed by atoms with van der Waals surface area (Å²) in [5.74, 6) is -2.77. The van der Waals surface area contributed by atoms with Gasteiger partial charge in [-0.05, 0) is 11.6 Å². The number of carboxylic acid groups (broad SMARTS) is 2. The maximum absolute atomic E-state index is 11.5. The van der Waals surface area contributed by atoms with E-state index in [1.165, 1.54) is 24.8 Å². The molecule has 0 unspecified atom stereocenters. The van der Waals surface area contributed by atoms with Crippen molar-refractivity contribution in [3.05, 3.63) is 60.7 Å². The topological polar surface area (TPSA) is 105 Å². The van der Waals surface area contributed by atoms with E-state index in [4.69, 9.17) is 0 Å². The third kappa shape index (κ3) is 2.42. The zero-order valence-electron chi connectivity index (χ0n) is 12.0. The van der Waals surface area contributed by atoms with Gasteiger partial charge in [0.05, 0.1) is 5.69 Å². The molecule has 7 nitrogen and oxygen atoms in total. The lowest BCUT2D eigenvalue weighted by molar-refractivity contribution is -0.160. The minimum Gasteiger partial charge on any atom is -0.480 e. The standard InChI is InChI=1S/C16H13N3O4/c20-14(21)16(15(22)23)7-3-4-11(8-16)12-5-1-2-6-13(12)19-10-17-9-18-19/h1-7,9-10H,8H2,(H,20,21)(H,22,23). The third-order valence-electron chi connectivity index (χ3n) is 3.83. The average Bonchev–Trinajstić information content (AvgIpc) is 3.09. The van der Waals surface area contributed by atoms with Gasteiger partial charge in [0, 0.05) is 12.0 Å². The molecule has 1 aliphatic carbocycles. The highest BCUT2D eigenvalue weighted by atomic mass is 16.4. The average molecular weight is 311 g/mol. The summed E-state index contributed by atoms with van der Waals surface area (Å²) in [6, 6.07) is 7.24. The molecule has 116 valence electrons. The molecule has 0 aliphatic heterocycles. The molecular weight excluding hydrogens is 298 g/mol. The number of nitrogens with zero attached hydrogens (tertiary/aromatic N) is 3. The Morgan fingerprint density at radius 3 is 2.57 bits per heavy atom. The zero-order valence-corrected chi connectivity index (χ0v) is 12.0. The molecular formula is C16H13N3O4. The maximum Gasteiger partial charge on any atom is 0.325 e. The fourth-order valence-corrected chi connectivity index (χ4v) is 2.59. The largest absolute Gasteiger partial charge is 0.480 e. The van der Waals surface area contributed by atoms with Crippen LogP contribution in [0.1, 0.15) is 12.0 Å². The highest BCUT2D eigenvalue weighted by Gasteiger charge is 2.46. The van der Waals surface area contributed by atoms with Gasteiger partial charge in [0.25, 0.3) is 0 Å². The van der Waals surface area contributed by atoms with Crippen molar-refractivity contribution in [1.29, 1.82) is 0 Å². The maximum atomic E-state index is 11.5. The van der Waals surface area contributed by atoms with Crippen LogP contribution in [0.25, 0.3) is 11.3 Å². The van der Waals surface area contributed by atoms with Gasteiger partial charge in [0.15, 0.2) is 5.41 Å². The Hall–Kier alpha value is -3.22. The van der Waals surface area contributed by atoms with E-state index in [0.717, 1.165) is 0 Å². The molecule has 23 heavy (non-hydrogen) atoms. The molecule has 7 heteroatoms. The Balaban J connectivity index is 2.08. The second-order valence-electron chi connectivity index (χ2n) is 5.17. The van der Waals surface area contributed by atoms with E-state index in [2.05, 4.69) is 10.1 Å². The van der Waals surface area contributed by atoms with Gasteiger partial charge in [-0.1, -0.05) is 36.4 Å². The second kappa shape index (κ2) is 5.53. The van der Waals surface area contributed by atoms with Crippen LogP contribution < -0.4 is 0 Å². The van der Waals surface area contributed by atoms with E-state index >= 15 is 0 Å².